The van der Waals surface area contributed by atoms with Crippen LogP contribution in [0.15, 0.2) is 0 Å². The summed E-state index contributed by atoms with van der Waals surface area (Å²) in [5, 5.41) is 0. The molecule has 0 amide bonds. The maximum absolute atomic E-state index is 6.14. The van der Waals surface area contributed by atoms with E-state index in [1.165, 1.54) is 12.8 Å². The van der Waals surface area contributed by atoms with Crippen molar-refractivity contribution in [2.24, 2.45) is 5.41 Å². The van der Waals surface area contributed by atoms with Gasteiger partial charge in [0, 0.05) is 6.61 Å². The molecule has 0 bridgehead atoms. The van der Waals surface area contributed by atoms with E-state index in [0.717, 1.165) is 25.9 Å². The monoisotopic (exact) mass is 240 g/mol. The first-order valence-electron chi connectivity index (χ1n) is 6.93. The van der Waals surface area contributed by atoms with Gasteiger partial charge in [-0.1, -0.05) is 13.8 Å². The van der Waals surface area contributed by atoms with E-state index in [1.807, 2.05) is 0 Å². The summed E-state index contributed by atoms with van der Waals surface area (Å²) in [4.78, 5) is 0. The SMILES string of the molecule is CC1(C)C[C@@H](O[C@@H]2CCCCO2)[C@@H]2O[C@]2(C)C1. The molecule has 3 aliphatic rings. The first-order chi connectivity index (χ1) is 7.99. The Morgan fingerprint density at radius 1 is 1.18 bits per heavy atom. The minimum atomic E-state index is 0.0103. The van der Waals surface area contributed by atoms with Gasteiger partial charge in [-0.3, -0.25) is 0 Å². The number of ether oxygens (including phenoxy) is 3. The Bertz CT molecular complexity index is 293. The molecule has 3 fully saturated rings. The van der Waals surface area contributed by atoms with Crippen molar-refractivity contribution in [1.29, 1.82) is 0 Å². The van der Waals surface area contributed by atoms with Gasteiger partial charge in [0.25, 0.3) is 0 Å². The van der Waals surface area contributed by atoms with E-state index in [9.17, 15) is 0 Å². The summed E-state index contributed by atoms with van der Waals surface area (Å²) in [6.07, 6.45) is 6.23. The third-order valence-electron chi connectivity index (χ3n) is 4.33. The number of epoxide rings is 1. The van der Waals surface area contributed by atoms with Gasteiger partial charge in [0.05, 0.1) is 11.7 Å². The molecule has 2 heterocycles. The molecule has 17 heavy (non-hydrogen) atoms. The van der Waals surface area contributed by atoms with Gasteiger partial charge in [-0.15, -0.1) is 0 Å². The minimum absolute atomic E-state index is 0.0103. The van der Waals surface area contributed by atoms with E-state index in [0.29, 0.717) is 11.5 Å². The lowest BCUT2D eigenvalue weighted by atomic mass is 9.71. The molecule has 0 spiro atoms. The zero-order chi connectivity index (χ0) is 12.1. The molecular weight excluding hydrogens is 216 g/mol. The Morgan fingerprint density at radius 3 is 2.71 bits per heavy atom. The van der Waals surface area contributed by atoms with Crippen molar-refractivity contribution in [3.05, 3.63) is 0 Å². The predicted molar refractivity (Wildman–Crippen MR) is 64.8 cm³/mol. The largest absolute Gasteiger partial charge is 0.364 e. The highest BCUT2D eigenvalue weighted by Crippen LogP contribution is 2.55. The van der Waals surface area contributed by atoms with E-state index in [2.05, 4.69) is 20.8 Å². The van der Waals surface area contributed by atoms with Crippen LogP contribution >= 0.6 is 0 Å². The van der Waals surface area contributed by atoms with Crippen molar-refractivity contribution in [1.82, 2.24) is 0 Å². The van der Waals surface area contributed by atoms with Crippen LogP contribution in [-0.4, -0.2) is 30.7 Å². The van der Waals surface area contributed by atoms with E-state index in [1.54, 1.807) is 0 Å². The van der Waals surface area contributed by atoms with Gasteiger partial charge >= 0.3 is 0 Å². The lowest BCUT2D eigenvalue weighted by molar-refractivity contribution is -0.199. The Kier molecular flexibility index (Phi) is 2.77. The van der Waals surface area contributed by atoms with Gasteiger partial charge in [-0.05, 0) is 44.4 Å². The van der Waals surface area contributed by atoms with Crippen molar-refractivity contribution in [2.45, 2.75) is 77.0 Å². The minimum Gasteiger partial charge on any atom is -0.364 e. The fourth-order valence-electron chi connectivity index (χ4n) is 3.67. The van der Waals surface area contributed by atoms with Crippen molar-refractivity contribution in [2.75, 3.05) is 6.61 Å². The number of fused-ring (bicyclic) bond motifs is 1. The van der Waals surface area contributed by atoms with Crippen molar-refractivity contribution in [3.8, 4) is 0 Å². The Balaban J connectivity index is 1.62. The third kappa shape index (κ3) is 2.38. The molecule has 0 radical (unpaired) electrons. The van der Waals surface area contributed by atoms with Crippen LogP contribution in [-0.2, 0) is 14.2 Å². The maximum atomic E-state index is 6.14. The summed E-state index contributed by atoms with van der Waals surface area (Å²) >= 11 is 0. The molecule has 3 heteroatoms. The molecule has 4 atom stereocenters. The van der Waals surface area contributed by atoms with Crippen LogP contribution in [0.5, 0.6) is 0 Å². The lowest BCUT2D eigenvalue weighted by Gasteiger charge is -2.37. The average Bonchev–Trinajstić information content (AvgIpc) is 2.89. The summed E-state index contributed by atoms with van der Waals surface area (Å²) < 4.78 is 17.7. The molecule has 0 aromatic carbocycles. The second-order valence-corrected chi connectivity index (χ2v) is 6.87. The topological polar surface area (TPSA) is 31.0 Å². The summed E-state index contributed by atoms with van der Waals surface area (Å²) in [6.45, 7) is 7.70. The normalized spacial score (nSPS) is 48.5. The molecule has 0 aromatic rings. The predicted octanol–water partition coefficient (Wildman–Crippen LogP) is 2.88. The zero-order valence-corrected chi connectivity index (χ0v) is 11.2. The number of hydrogen-bond donors (Lipinski definition) is 0. The van der Waals surface area contributed by atoms with Gasteiger partial charge in [-0.25, -0.2) is 0 Å². The molecule has 2 aliphatic heterocycles. The third-order valence-corrected chi connectivity index (χ3v) is 4.33. The molecule has 1 aliphatic carbocycles. The fourth-order valence-corrected chi connectivity index (χ4v) is 3.67. The number of rotatable bonds is 2. The van der Waals surface area contributed by atoms with Gasteiger partial charge in [0.2, 0.25) is 0 Å². The molecule has 3 nitrogen and oxygen atoms in total. The standard InChI is InChI=1S/C14H24O3/c1-13(2)8-10(12-14(3,9-13)17-12)16-11-6-4-5-7-15-11/h10-12H,4-9H2,1-3H3/t10-,11-,12+,14-/m1/s1. The van der Waals surface area contributed by atoms with Crippen LogP contribution in [0.25, 0.3) is 0 Å². The Hall–Kier alpha value is -0.120. The molecule has 0 N–H and O–H groups in total. The summed E-state index contributed by atoms with van der Waals surface area (Å²) in [5.74, 6) is 0. The summed E-state index contributed by atoms with van der Waals surface area (Å²) in [7, 11) is 0. The Labute approximate surface area is 104 Å². The van der Waals surface area contributed by atoms with E-state index < -0.39 is 0 Å². The highest BCUT2D eigenvalue weighted by Gasteiger charge is 2.63. The molecular formula is C14H24O3. The summed E-state index contributed by atoms with van der Waals surface area (Å²) in [6, 6.07) is 0. The van der Waals surface area contributed by atoms with Crippen molar-refractivity contribution in [3.63, 3.8) is 0 Å². The first kappa shape index (κ1) is 11.9. The van der Waals surface area contributed by atoms with Gasteiger partial charge in [-0.2, -0.15) is 0 Å². The average molecular weight is 240 g/mol. The van der Waals surface area contributed by atoms with Gasteiger partial charge in [0.15, 0.2) is 6.29 Å². The summed E-state index contributed by atoms with van der Waals surface area (Å²) in [5.41, 5.74) is 0.391. The fraction of sp³-hybridized carbons (Fsp3) is 1.00. The van der Waals surface area contributed by atoms with Crippen LogP contribution in [0.2, 0.25) is 0 Å². The Morgan fingerprint density at radius 2 is 2.00 bits per heavy atom. The van der Waals surface area contributed by atoms with E-state index in [-0.39, 0.29) is 18.0 Å². The first-order valence-corrected chi connectivity index (χ1v) is 6.93. The van der Waals surface area contributed by atoms with Crippen LogP contribution in [0.4, 0.5) is 0 Å². The van der Waals surface area contributed by atoms with Crippen LogP contribution < -0.4 is 0 Å². The zero-order valence-electron chi connectivity index (χ0n) is 11.2. The maximum Gasteiger partial charge on any atom is 0.158 e. The molecule has 3 rings (SSSR count). The quantitative estimate of drug-likeness (QED) is 0.695. The lowest BCUT2D eigenvalue weighted by Crippen LogP contribution is -2.41. The highest BCUT2D eigenvalue weighted by atomic mass is 16.7. The van der Waals surface area contributed by atoms with Crippen LogP contribution in [0.3, 0.4) is 0 Å². The van der Waals surface area contributed by atoms with Gasteiger partial charge in [0.1, 0.15) is 6.10 Å². The second kappa shape index (κ2) is 3.94. The highest BCUT2D eigenvalue weighted by molar-refractivity contribution is 5.11. The van der Waals surface area contributed by atoms with E-state index >= 15 is 0 Å². The number of hydrogen-bond acceptors (Lipinski definition) is 3. The van der Waals surface area contributed by atoms with Crippen molar-refractivity contribution < 1.29 is 14.2 Å². The van der Waals surface area contributed by atoms with Gasteiger partial charge < -0.3 is 14.2 Å². The molecule has 0 unspecified atom stereocenters. The second-order valence-electron chi connectivity index (χ2n) is 6.87. The molecule has 2 saturated heterocycles. The van der Waals surface area contributed by atoms with Crippen LogP contribution in [0.1, 0.15) is 52.9 Å². The molecule has 0 aromatic heterocycles. The van der Waals surface area contributed by atoms with Crippen molar-refractivity contribution >= 4 is 0 Å². The molecule has 98 valence electrons. The molecule has 1 saturated carbocycles. The van der Waals surface area contributed by atoms with Crippen LogP contribution in [0, 0.1) is 5.41 Å². The van der Waals surface area contributed by atoms with E-state index in [4.69, 9.17) is 14.2 Å². The smallest absolute Gasteiger partial charge is 0.158 e.